The molecule has 0 radical (unpaired) electrons. The lowest BCUT2D eigenvalue weighted by molar-refractivity contribution is -0.138. The fourth-order valence-corrected chi connectivity index (χ4v) is 3.11. The molecule has 0 saturated carbocycles. The summed E-state index contributed by atoms with van der Waals surface area (Å²) in [7, 11) is 0. The van der Waals surface area contributed by atoms with Gasteiger partial charge in [-0.05, 0) is 59.7 Å². The molecule has 7 nitrogen and oxygen atoms in total. The van der Waals surface area contributed by atoms with Crippen LogP contribution in [0.15, 0.2) is 47.4 Å². The predicted molar refractivity (Wildman–Crippen MR) is 101 cm³/mol. The van der Waals surface area contributed by atoms with Crippen LogP contribution in [0, 0.1) is 5.82 Å². The zero-order valence-corrected chi connectivity index (χ0v) is 15.2. The first kappa shape index (κ1) is 19.6. The molecule has 1 saturated heterocycles. The van der Waals surface area contributed by atoms with Gasteiger partial charge in [0, 0.05) is 0 Å². The van der Waals surface area contributed by atoms with E-state index in [1.165, 1.54) is 18.2 Å². The van der Waals surface area contributed by atoms with Crippen molar-refractivity contribution < 1.29 is 28.6 Å². The number of imide groups is 1. The molecule has 1 aliphatic heterocycles. The van der Waals surface area contributed by atoms with Gasteiger partial charge >= 0.3 is 5.97 Å². The fraction of sp³-hybridized carbons (Fsp3) is 0.105. The average molecular weight is 402 g/mol. The number of halogens is 1. The topological polar surface area (TPSA) is 119 Å². The van der Waals surface area contributed by atoms with Gasteiger partial charge in [-0.2, -0.15) is 0 Å². The van der Waals surface area contributed by atoms with Crippen molar-refractivity contribution in [2.75, 3.05) is 0 Å². The number of nitrogens with one attached hydrogen (secondary N) is 1. The number of hydrogen-bond acceptors (Lipinski definition) is 6. The number of benzene rings is 2. The zero-order chi connectivity index (χ0) is 20.3. The van der Waals surface area contributed by atoms with E-state index in [1.54, 1.807) is 30.3 Å². The van der Waals surface area contributed by atoms with Crippen molar-refractivity contribution >= 4 is 35.0 Å². The minimum atomic E-state index is -1.09. The second kappa shape index (κ2) is 8.24. The van der Waals surface area contributed by atoms with Crippen LogP contribution in [0.3, 0.4) is 0 Å². The number of thioether (sulfide) groups is 1. The van der Waals surface area contributed by atoms with Gasteiger partial charge < -0.3 is 15.6 Å². The third-order valence-electron chi connectivity index (χ3n) is 3.82. The van der Waals surface area contributed by atoms with Gasteiger partial charge in [-0.15, -0.1) is 0 Å². The number of carboxylic acids is 1. The smallest absolute Gasteiger partial charge is 0.320 e. The molecule has 0 aliphatic carbocycles. The number of amides is 2. The van der Waals surface area contributed by atoms with E-state index >= 15 is 0 Å². The molecule has 1 atom stereocenters. The second-order valence-electron chi connectivity index (χ2n) is 5.94. The van der Waals surface area contributed by atoms with Crippen molar-refractivity contribution in [1.82, 2.24) is 5.32 Å². The molecule has 144 valence electrons. The van der Waals surface area contributed by atoms with Gasteiger partial charge in [-0.1, -0.05) is 18.2 Å². The third-order valence-corrected chi connectivity index (χ3v) is 4.63. The third kappa shape index (κ3) is 4.76. The highest BCUT2D eigenvalue weighted by atomic mass is 32.2. The summed E-state index contributed by atoms with van der Waals surface area (Å²) in [5.41, 5.74) is 6.62. The van der Waals surface area contributed by atoms with Crippen LogP contribution >= 0.6 is 11.8 Å². The minimum Gasteiger partial charge on any atom is -0.480 e. The number of carboxylic acid groups (broad SMARTS) is 1. The van der Waals surface area contributed by atoms with E-state index in [0.29, 0.717) is 16.9 Å². The van der Waals surface area contributed by atoms with Crippen LogP contribution in [0.25, 0.3) is 6.08 Å². The molecule has 1 heterocycles. The lowest BCUT2D eigenvalue weighted by Crippen LogP contribution is -2.32. The van der Waals surface area contributed by atoms with Crippen molar-refractivity contribution in [2.45, 2.75) is 12.5 Å². The first-order valence-corrected chi connectivity index (χ1v) is 8.93. The SMILES string of the molecule is NC(Cc1ccc(Oc2ccc(/C=C3/SC(=O)NC3=O)cc2F)cc1)C(=O)O. The van der Waals surface area contributed by atoms with Gasteiger partial charge in [-0.25, -0.2) is 4.39 Å². The lowest BCUT2D eigenvalue weighted by atomic mass is 10.1. The molecule has 1 unspecified atom stereocenters. The van der Waals surface area contributed by atoms with Crippen molar-refractivity contribution in [3.05, 3.63) is 64.3 Å². The van der Waals surface area contributed by atoms with E-state index in [4.69, 9.17) is 15.6 Å². The van der Waals surface area contributed by atoms with Crippen molar-refractivity contribution in [1.29, 1.82) is 0 Å². The van der Waals surface area contributed by atoms with Gasteiger partial charge in [0.25, 0.3) is 11.1 Å². The monoisotopic (exact) mass is 402 g/mol. The molecule has 0 aromatic heterocycles. The molecule has 28 heavy (non-hydrogen) atoms. The van der Waals surface area contributed by atoms with Crippen molar-refractivity contribution in [3.63, 3.8) is 0 Å². The van der Waals surface area contributed by atoms with Crippen LogP contribution in [-0.2, 0) is 16.0 Å². The molecule has 2 aromatic carbocycles. The number of rotatable bonds is 6. The molecule has 9 heteroatoms. The van der Waals surface area contributed by atoms with E-state index in [-0.39, 0.29) is 17.1 Å². The molecule has 3 rings (SSSR count). The maximum atomic E-state index is 14.3. The van der Waals surface area contributed by atoms with E-state index in [9.17, 15) is 18.8 Å². The Morgan fingerprint density at radius 1 is 1.25 bits per heavy atom. The van der Waals surface area contributed by atoms with Crippen LogP contribution in [0.4, 0.5) is 9.18 Å². The average Bonchev–Trinajstić information content (AvgIpc) is 2.96. The van der Waals surface area contributed by atoms with Crippen LogP contribution in [0.5, 0.6) is 11.5 Å². The summed E-state index contributed by atoms with van der Waals surface area (Å²) >= 11 is 0.750. The van der Waals surface area contributed by atoms with Gasteiger partial charge in [-0.3, -0.25) is 19.7 Å². The summed E-state index contributed by atoms with van der Waals surface area (Å²) in [6.45, 7) is 0. The maximum Gasteiger partial charge on any atom is 0.320 e. The number of carbonyl (C=O) groups excluding carboxylic acids is 2. The van der Waals surface area contributed by atoms with Gasteiger partial charge in [0.05, 0.1) is 4.91 Å². The summed E-state index contributed by atoms with van der Waals surface area (Å²) in [5, 5.41) is 10.5. The van der Waals surface area contributed by atoms with Crippen LogP contribution in [0.2, 0.25) is 0 Å². The Labute approximate surface area is 163 Å². The molecular weight excluding hydrogens is 387 g/mol. The zero-order valence-electron chi connectivity index (χ0n) is 14.3. The molecule has 1 aliphatic rings. The Bertz CT molecular complexity index is 975. The first-order valence-electron chi connectivity index (χ1n) is 8.11. The predicted octanol–water partition coefficient (Wildman–Crippen LogP) is 2.90. The van der Waals surface area contributed by atoms with Gasteiger partial charge in [0.1, 0.15) is 11.8 Å². The summed E-state index contributed by atoms with van der Waals surface area (Å²) in [6.07, 6.45) is 1.58. The van der Waals surface area contributed by atoms with E-state index in [1.807, 2.05) is 0 Å². The first-order chi connectivity index (χ1) is 13.3. The largest absolute Gasteiger partial charge is 0.480 e. The van der Waals surface area contributed by atoms with Crippen LogP contribution < -0.4 is 15.8 Å². The maximum absolute atomic E-state index is 14.3. The molecule has 2 aromatic rings. The highest BCUT2D eigenvalue weighted by molar-refractivity contribution is 8.18. The minimum absolute atomic E-state index is 0.0169. The Hall–Kier alpha value is -3.17. The fourth-order valence-electron chi connectivity index (χ4n) is 2.42. The highest BCUT2D eigenvalue weighted by Gasteiger charge is 2.25. The van der Waals surface area contributed by atoms with E-state index in [0.717, 1.165) is 11.8 Å². The Balaban J connectivity index is 1.70. The van der Waals surface area contributed by atoms with Crippen LogP contribution in [0.1, 0.15) is 11.1 Å². The number of nitrogens with two attached hydrogens (primary N) is 1. The van der Waals surface area contributed by atoms with Crippen molar-refractivity contribution in [2.24, 2.45) is 5.73 Å². The number of ether oxygens (including phenoxy) is 1. The number of aliphatic carboxylic acids is 1. The quantitative estimate of drug-likeness (QED) is 0.636. The number of carbonyl (C=O) groups is 3. The van der Waals surface area contributed by atoms with Crippen molar-refractivity contribution in [3.8, 4) is 11.5 Å². The van der Waals surface area contributed by atoms with Gasteiger partial charge in [0.2, 0.25) is 0 Å². The summed E-state index contributed by atoms with van der Waals surface area (Å²) in [6, 6.07) is 9.65. The van der Waals surface area contributed by atoms with E-state index in [2.05, 4.69) is 5.32 Å². The summed E-state index contributed by atoms with van der Waals surface area (Å²) in [5.74, 6) is -1.89. The standard InChI is InChI=1S/C19H15FN2O5S/c20-13-7-11(9-16-17(23)22-19(26)28-16)3-6-15(13)27-12-4-1-10(2-5-12)8-14(21)18(24)25/h1-7,9,14H,8,21H2,(H,24,25)(H,22,23,26)/b16-9+. The molecule has 4 N–H and O–H groups in total. The Kier molecular flexibility index (Phi) is 5.76. The summed E-state index contributed by atoms with van der Waals surface area (Å²) in [4.78, 5) is 33.7. The van der Waals surface area contributed by atoms with E-state index < -0.39 is 29.0 Å². The summed E-state index contributed by atoms with van der Waals surface area (Å²) < 4.78 is 19.8. The number of hydrogen-bond donors (Lipinski definition) is 3. The Morgan fingerprint density at radius 2 is 1.96 bits per heavy atom. The highest BCUT2D eigenvalue weighted by Crippen LogP contribution is 2.29. The Morgan fingerprint density at radius 3 is 2.54 bits per heavy atom. The molecule has 2 amide bonds. The molecule has 1 fully saturated rings. The molecule has 0 spiro atoms. The molecular formula is C19H15FN2O5S. The molecule has 0 bridgehead atoms. The second-order valence-corrected chi connectivity index (χ2v) is 6.95. The lowest BCUT2D eigenvalue weighted by Gasteiger charge is -2.10. The normalized spacial score (nSPS) is 16.1. The van der Waals surface area contributed by atoms with Gasteiger partial charge in [0.15, 0.2) is 11.6 Å². The van der Waals surface area contributed by atoms with Crippen LogP contribution in [-0.4, -0.2) is 28.3 Å².